The van der Waals surface area contributed by atoms with Crippen LogP contribution in [-0.2, 0) is 6.18 Å². The Morgan fingerprint density at radius 3 is 2.22 bits per heavy atom. The molecule has 1 aromatic carbocycles. The van der Waals surface area contributed by atoms with Crippen LogP contribution in [0.4, 0.5) is 13.2 Å². The van der Waals surface area contributed by atoms with Crippen molar-refractivity contribution in [2.75, 3.05) is 0 Å². The summed E-state index contributed by atoms with van der Waals surface area (Å²) in [6, 6.07) is 4.35. The number of rotatable bonds is 2. The number of alkyl halides is 4. The fourth-order valence-corrected chi connectivity index (χ4v) is 2.65. The Morgan fingerprint density at radius 2 is 1.78 bits per heavy atom. The van der Waals surface area contributed by atoms with Gasteiger partial charge in [-0.15, -0.1) is 0 Å². The predicted octanol–water partition coefficient (Wildman–Crippen LogP) is 3.36. The van der Waals surface area contributed by atoms with E-state index in [1.54, 1.807) is 0 Å². The van der Waals surface area contributed by atoms with E-state index >= 15 is 0 Å². The van der Waals surface area contributed by atoms with Gasteiger partial charge in [-0.3, -0.25) is 4.79 Å². The summed E-state index contributed by atoms with van der Waals surface area (Å²) < 4.78 is 37.0. The quantitative estimate of drug-likeness (QED) is 0.831. The van der Waals surface area contributed by atoms with E-state index in [0.717, 1.165) is 25.0 Å². The first-order chi connectivity index (χ1) is 8.36. The van der Waals surface area contributed by atoms with Gasteiger partial charge in [0.1, 0.15) is 0 Å². The smallest absolute Gasteiger partial charge is 0.349 e. The van der Waals surface area contributed by atoms with E-state index in [1.165, 1.54) is 12.1 Å². The lowest BCUT2D eigenvalue weighted by molar-refractivity contribution is -0.137. The summed E-state index contributed by atoms with van der Waals surface area (Å²) in [6.07, 6.45) is -2.66. The summed E-state index contributed by atoms with van der Waals surface area (Å²) in [6.45, 7) is 0. The number of hydrogen-bond acceptors (Lipinski definition) is 1. The van der Waals surface area contributed by atoms with Gasteiger partial charge in [0, 0.05) is 16.4 Å². The maximum atomic E-state index is 12.3. The van der Waals surface area contributed by atoms with E-state index in [0.29, 0.717) is 4.83 Å². The molecule has 6 heteroatoms. The van der Waals surface area contributed by atoms with Crippen LogP contribution in [0.3, 0.4) is 0 Å². The zero-order valence-corrected chi connectivity index (χ0v) is 10.9. The summed E-state index contributed by atoms with van der Waals surface area (Å²) in [5, 5.41) is 2.77. The predicted molar refractivity (Wildman–Crippen MR) is 64.6 cm³/mol. The minimum absolute atomic E-state index is 0.115. The van der Waals surface area contributed by atoms with Gasteiger partial charge in [0.05, 0.1) is 5.56 Å². The Labute approximate surface area is 111 Å². The van der Waals surface area contributed by atoms with E-state index in [-0.39, 0.29) is 17.5 Å². The molecule has 0 aliphatic heterocycles. The Balaban J connectivity index is 1.99. The molecule has 1 saturated carbocycles. The van der Waals surface area contributed by atoms with Crippen molar-refractivity contribution in [1.82, 2.24) is 5.32 Å². The summed E-state index contributed by atoms with van der Waals surface area (Å²) in [7, 11) is 0. The molecular weight excluding hydrogens is 311 g/mol. The molecular formula is C12H11BrF3NO. The van der Waals surface area contributed by atoms with Crippen molar-refractivity contribution < 1.29 is 18.0 Å². The van der Waals surface area contributed by atoms with Crippen molar-refractivity contribution in [2.45, 2.75) is 29.9 Å². The second kappa shape index (κ2) is 4.91. The molecule has 1 N–H and O–H groups in total. The highest BCUT2D eigenvalue weighted by Crippen LogP contribution is 2.29. The van der Waals surface area contributed by atoms with E-state index in [9.17, 15) is 18.0 Å². The van der Waals surface area contributed by atoms with Gasteiger partial charge in [-0.2, -0.15) is 13.2 Å². The van der Waals surface area contributed by atoms with Crippen LogP contribution in [0.1, 0.15) is 28.8 Å². The fraction of sp³-hybridized carbons (Fsp3) is 0.417. The van der Waals surface area contributed by atoms with Crippen molar-refractivity contribution in [3.05, 3.63) is 35.4 Å². The number of halogens is 4. The Hall–Kier alpha value is -1.04. The van der Waals surface area contributed by atoms with Gasteiger partial charge < -0.3 is 5.32 Å². The summed E-state index contributed by atoms with van der Waals surface area (Å²) in [5.41, 5.74) is -0.496. The zero-order valence-electron chi connectivity index (χ0n) is 9.30. The van der Waals surface area contributed by atoms with Crippen molar-refractivity contribution in [1.29, 1.82) is 0 Å². The molecule has 0 heterocycles. The van der Waals surface area contributed by atoms with Gasteiger partial charge >= 0.3 is 6.18 Å². The number of carbonyl (C=O) groups is 1. The van der Waals surface area contributed by atoms with Crippen LogP contribution in [0, 0.1) is 0 Å². The van der Waals surface area contributed by atoms with Crippen LogP contribution < -0.4 is 5.32 Å². The number of nitrogens with one attached hydrogen (secondary N) is 1. The van der Waals surface area contributed by atoms with Gasteiger partial charge in [0.15, 0.2) is 0 Å². The SMILES string of the molecule is O=C(NC1CC(Br)C1)c1ccc(C(F)(F)F)cc1. The first-order valence-electron chi connectivity index (χ1n) is 5.48. The fourth-order valence-electron chi connectivity index (χ4n) is 1.75. The van der Waals surface area contributed by atoms with Crippen LogP contribution in [0.15, 0.2) is 24.3 Å². The van der Waals surface area contributed by atoms with E-state index < -0.39 is 11.7 Å². The van der Waals surface area contributed by atoms with Gasteiger partial charge in [-0.25, -0.2) is 0 Å². The molecule has 1 aliphatic rings. The molecule has 0 saturated heterocycles. The molecule has 1 fully saturated rings. The normalized spacial score (nSPS) is 23.3. The lowest BCUT2D eigenvalue weighted by Crippen LogP contribution is -2.44. The third kappa shape index (κ3) is 3.04. The van der Waals surface area contributed by atoms with E-state index in [4.69, 9.17) is 0 Å². The molecule has 18 heavy (non-hydrogen) atoms. The van der Waals surface area contributed by atoms with Crippen LogP contribution in [-0.4, -0.2) is 16.8 Å². The molecule has 0 aromatic heterocycles. The maximum absolute atomic E-state index is 12.3. The number of carbonyl (C=O) groups excluding carboxylic acids is 1. The highest BCUT2D eigenvalue weighted by molar-refractivity contribution is 9.09. The second-order valence-electron chi connectivity index (χ2n) is 4.31. The summed E-state index contributed by atoms with van der Waals surface area (Å²) >= 11 is 3.40. The molecule has 0 atom stereocenters. The average molecular weight is 322 g/mol. The molecule has 0 radical (unpaired) electrons. The first kappa shape index (κ1) is 13.4. The highest BCUT2D eigenvalue weighted by atomic mass is 79.9. The third-order valence-electron chi connectivity index (χ3n) is 2.89. The monoisotopic (exact) mass is 321 g/mol. The molecule has 0 bridgehead atoms. The molecule has 1 aromatic rings. The van der Waals surface area contributed by atoms with E-state index in [2.05, 4.69) is 21.2 Å². The second-order valence-corrected chi connectivity index (χ2v) is 5.61. The van der Waals surface area contributed by atoms with Gasteiger partial charge in [0.2, 0.25) is 0 Å². The topological polar surface area (TPSA) is 29.1 Å². The number of amides is 1. The minimum atomic E-state index is -4.37. The van der Waals surface area contributed by atoms with E-state index in [1.807, 2.05) is 0 Å². The van der Waals surface area contributed by atoms with Crippen molar-refractivity contribution in [3.8, 4) is 0 Å². The van der Waals surface area contributed by atoms with Crippen LogP contribution in [0.2, 0.25) is 0 Å². The first-order valence-corrected chi connectivity index (χ1v) is 6.40. The molecule has 0 unspecified atom stereocenters. The van der Waals surface area contributed by atoms with Crippen molar-refractivity contribution in [2.24, 2.45) is 0 Å². The third-order valence-corrected chi connectivity index (χ3v) is 3.64. The highest BCUT2D eigenvalue weighted by Gasteiger charge is 2.31. The molecule has 1 amide bonds. The molecule has 0 spiro atoms. The zero-order chi connectivity index (χ0) is 13.3. The Bertz CT molecular complexity index is 438. The molecule has 2 nitrogen and oxygen atoms in total. The number of hydrogen-bond donors (Lipinski definition) is 1. The van der Waals surface area contributed by atoms with Gasteiger partial charge in [-0.05, 0) is 37.1 Å². The Kier molecular flexibility index (Phi) is 3.66. The van der Waals surface area contributed by atoms with Crippen molar-refractivity contribution >= 4 is 21.8 Å². The van der Waals surface area contributed by atoms with Crippen molar-refractivity contribution in [3.63, 3.8) is 0 Å². The summed E-state index contributed by atoms with van der Waals surface area (Å²) in [5.74, 6) is -0.326. The Morgan fingerprint density at radius 1 is 1.22 bits per heavy atom. The largest absolute Gasteiger partial charge is 0.416 e. The lowest BCUT2D eigenvalue weighted by atomic mass is 9.92. The number of benzene rings is 1. The standard InChI is InChI=1S/C12H11BrF3NO/c13-9-5-10(6-9)17-11(18)7-1-3-8(4-2-7)12(14,15)16/h1-4,9-10H,5-6H2,(H,17,18). The minimum Gasteiger partial charge on any atom is -0.349 e. The molecule has 1 aliphatic carbocycles. The molecule has 98 valence electrons. The van der Waals surface area contributed by atoms with Crippen LogP contribution in [0.25, 0.3) is 0 Å². The molecule has 2 rings (SSSR count). The van der Waals surface area contributed by atoms with Crippen LogP contribution in [0.5, 0.6) is 0 Å². The van der Waals surface area contributed by atoms with Gasteiger partial charge in [0.25, 0.3) is 5.91 Å². The average Bonchev–Trinajstić information content (AvgIpc) is 2.26. The summed E-state index contributed by atoms with van der Waals surface area (Å²) in [4.78, 5) is 12.1. The van der Waals surface area contributed by atoms with Gasteiger partial charge in [-0.1, -0.05) is 15.9 Å². The maximum Gasteiger partial charge on any atom is 0.416 e. The van der Waals surface area contributed by atoms with Crippen LogP contribution >= 0.6 is 15.9 Å². The lowest BCUT2D eigenvalue weighted by Gasteiger charge is -2.31.